The van der Waals surface area contributed by atoms with Gasteiger partial charge in [0.2, 0.25) is 10.0 Å². The van der Waals surface area contributed by atoms with Crippen molar-refractivity contribution in [3.8, 4) is 10.6 Å². The molecule has 4 rings (SSSR count). The average Bonchev–Trinajstić information content (AvgIpc) is 3.32. The van der Waals surface area contributed by atoms with Crippen LogP contribution in [0.25, 0.3) is 10.6 Å². The van der Waals surface area contributed by atoms with Gasteiger partial charge in [0.15, 0.2) is 5.84 Å². The number of nitrogen functional groups attached to an aromatic ring is 1. The molecule has 0 spiro atoms. The van der Waals surface area contributed by atoms with Crippen molar-refractivity contribution in [2.24, 2.45) is 10.9 Å². The van der Waals surface area contributed by atoms with Gasteiger partial charge in [-0.2, -0.15) is 5.10 Å². The van der Waals surface area contributed by atoms with Crippen LogP contribution in [0, 0.1) is 5.92 Å². The average molecular weight is 551 g/mol. The van der Waals surface area contributed by atoms with Gasteiger partial charge in [-0.25, -0.2) is 26.5 Å². The maximum atomic E-state index is 13.5. The van der Waals surface area contributed by atoms with Gasteiger partial charge in [0.25, 0.3) is 15.6 Å². The fourth-order valence-electron chi connectivity index (χ4n) is 3.64. The van der Waals surface area contributed by atoms with Gasteiger partial charge in [-0.05, 0) is 42.0 Å². The van der Waals surface area contributed by atoms with Gasteiger partial charge in [0.1, 0.15) is 16.2 Å². The second-order valence-electron chi connectivity index (χ2n) is 8.57. The van der Waals surface area contributed by atoms with Crippen LogP contribution in [0.3, 0.4) is 0 Å². The molecule has 3 aromatic rings. The molecular weight excluding hydrogens is 524 g/mol. The van der Waals surface area contributed by atoms with Gasteiger partial charge in [-0.15, -0.1) is 11.3 Å². The molecular formula is C22H26N6O5S3. The van der Waals surface area contributed by atoms with Crippen LogP contribution in [0.5, 0.6) is 0 Å². The van der Waals surface area contributed by atoms with E-state index in [2.05, 4.69) is 33.4 Å². The van der Waals surface area contributed by atoms with Crippen LogP contribution in [0.4, 0.5) is 17.1 Å². The molecule has 14 heteroatoms. The number of benzene rings is 1. The molecule has 0 saturated carbocycles. The normalized spacial score (nSPS) is 15.5. The van der Waals surface area contributed by atoms with Crippen molar-refractivity contribution in [3.05, 3.63) is 51.6 Å². The molecule has 1 aliphatic heterocycles. The molecule has 11 nitrogen and oxygen atoms in total. The largest absolute Gasteiger partial charge is 0.396 e. The number of nitrogens with zero attached hydrogens (tertiary/aromatic N) is 3. The van der Waals surface area contributed by atoms with E-state index in [1.807, 2.05) is 17.5 Å². The lowest BCUT2D eigenvalue weighted by Gasteiger charge is -2.21. The molecule has 1 unspecified atom stereocenters. The van der Waals surface area contributed by atoms with Crippen LogP contribution in [0.1, 0.15) is 32.3 Å². The van der Waals surface area contributed by atoms with E-state index >= 15 is 0 Å². The summed E-state index contributed by atoms with van der Waals surface area (Å²) in [4.78, 5) is 18.3. The third kappa shape index (κ3) is 5.29. The molecule has 0 bridgehead atoms. The van der Waals surface area contributed by atoms with E-state index in [4.69, 9.17) is 5.73 Å². The highest BCUT2D eigenvalue weighted by Crippen LogP contribution is 2.34. The Balaban J connectivity index is 1.88. The summed E-state index contributed by atoms with van der Waals surface area (Å²) in [5.74, 6) is 0.142. The molecule has 1 atom stereocenters. The summed E-state index contributed by atoms with van der Waals surface area (Å²) in [7, 11) is -7.82. The zero-order chi connectivity index (χ0) is 26.3. The lowest BCUT2D eigenvalue weighted by atomic mass is 10.1. The predicted octanol–water partition coefficient (Wildman–Crippen LogP) is 2.73. The molecule has 0 fully saturated rings. The number of rotatable bonds is 8. The number of aliphatic imine (C=N–C) groups is 1. The smallest absolute Gasteiger partial charge is 0.279 e. The third-order valence-corrected chi connectivity index (χ3v) is 8.58. The zero-order valence-corrected chi connectivity index (χ0v) is 22.3. The van der Waals surface area contributed by atoms with E-state index in [0.717, 1.165) is 23.6 Å². The minimum atomic E-state index is -4.20. The van der Waals surface area contributed by atoms with Gasteiger partial charge in [-0.1, -0.05) is 26.3 Å². The predicted molar refractivity (Wildman–Crippen MR) is 142 cm³/mol. The van der Waals surface area contributed by atoms with Crippen LogP contribution in [-0.2, 0) is 26.6 Å². The fraction of sp³-hybridized carbons (Fsp3) is 0.318. The van der Waals surface area contributed by atoms with Crippen molar-refractivity contribution in [2.75, 3.05) is 16.7 Å². The van der Waals surface area contributed by atoms with Crippen LogP contribution in [0.15, 0.2) is 50.4 Å². The quantitative estimate of drug-likeness (QED) is 0.388. The number of anilines is 2. The van der Waals surface area contributed by atoms with Gasteiger partial charge in [-0.3, -0.25) is 14.2 Å². The number of aryl methyl sites for hydroxylation is 1. The van der Waals surface area contributed by atoms with Gasteiger partial charge < -0.3 is 5.73 Å². The topological polar surface area (TPSA) is 166 Å². The number of thiophene rings is 1. The Hall–Kier alpha value is -3.23. The molecule has 1 aliphatic rings. The first-order chi connectivity index (χ1) is 16.9. The second kappa shape index (κ2) is 9.67. The first-order valence-electron chi connectivity index (χ1n) is 11.1. The van der Waals surface area contributed by atoms with E-state index in [1.165, 1.54) is 28.2 Å². The van der Waals surface area contributed by atoms with Crippen molar-refractivity contribution in [2.45, 2.75) is 38.1 Å². The number of nitrogens with two attached hydrogens (primary N) is 1. The maximum absolute atomic E-state index is 13.5. The van der Waals surface area contributed by atoms with Crippen LogP contribution in [0.2, 0.25) is 0 Å². The molecule has 0 radical (unpaired) electrons. The molecule has 0 saturated heterocycles. The highest BCUT2D eigenvalue weighted by atomic mass is 32.2. The number of hydrogen-bond donors (Lipinski definition) is 3. The van der Waals surface area contributed by atoms with Gasteiger partial charge >= 0.3 is 0 Å². The zero-order valence-electron chi connectivity index (χ0n) is 19.8. The summed E-state index contributed by atoms with van der Waals surface area (Å²) < 4.78 is 55.2. The lowest BCUT2D eigenvalue weighted by molar-refractivity contribution is 0.438. The van der Waals surface area contributed by atoms with Crippen molar-refractivity contribution < 1.29 is 16.8 Å². The molecule has 0 amide bonds. The van der Waals surface area contributed by atoms with E-state index < -0.39 is 25.6 Å². The number of nitrogens with one attached hydrogen (secondary N) is 2. The van der Waals surface area contributed by atoms with Gasteiger partial charge in [0.05, 0.1) is 22.5 Å². The number of hydrogen-bond acceptors (Lipinski definition) is 9. The van der Waals surface area contributed by atoms with E-state index in [0.29, 0.717) is 24.6 Å². The Morgan fingerprint density at radius 1 is 1.28 bits per heavy atom. The summed E-state index contributed by atoms with van der Waals surface area (Å²) in [5.41, 5.74) is 6.24. The third-order valence-electron chi connectivity index (χ3n) is 5.73. The molecule has 1 aromatic carbocycles. The van der Waals surface area contributed by atoms with Crippen LogP contribution < -0.4 is 20.7 Å². The van der Waals surface area contributed by atoms with Crippen molar-refractivity contribution in [3.63, 3.8) is 0 Å². The van der Waals surface area contributed by atoms with Crippen molar-refractivity contribution in [1.82, 2.24) is 14.5 Å². The molecule has 4 N–H and O–H groups in total. The van der Waals surface area contributed by atoms with Crippen molar-refractivity contribution >= 4 is 54.3 Å². The van der Waals surface area contributed by atoms with Crippen LogP contribution >= 0.6 is 11.3 Å². The molecule has 36 heavy (non-hydrogen) atoms. The number of amidine groups is 1. The van der Waals surface area contributed by atoms with Gasteiger partial charge in [0, 0.05) is 12.2 Å². The number of sulfonamides is 2. The Labute approximate surface area is 213 Å². The SMILES string of the molecule is CCC(C)CCn1nc(-c2cccs2)c(N)c(C2=Nc3ccc(NS(C)(=O)=O)cc3S(=O)(=O)N2)c1=O. The highest BCUT2D eigenvalue weighted by Gasteiger charge is 2.31. The van der Waals surface area contributed by atoms with Crippen molar-refractivity contribution in [1.29, 1.82) is 0 Å². The molecule has 0 aliphatic carbocycles. The lowest BCUT2D eigenvalue weighted by Crippen LogP contribution is -2.40. The Bertz CT molecular complexity index is 1610. The summed E-state index contributed by atoms with van der Waals surface area (Å²) in [5, 5.41) is 6.35. The fourth-order valence-corrected chi connectivity index (χ4v) is 6.10. The van der Waals surface area contributed by atoms with Crippen LogP contribution in [-0.4, -0.2) is 38.7 Å². The second-order valence-corrected chi connectivity index (χ2v) is 12.9. The Morgan fingerprint density at radius 3 is 2.67 bits per heavy atom. The molecule has 2 aromatic heterocycles. The molecule has 3 heterocycles. The first-order valence-corrected chi connectivity index (χ1v) is 15.3. The standard InChI is InChI=1S/C22H26N6O5S3/c1-4-13(2)9-10-28-22(29)18(19(23)20(25-28)16-6-5-11-34-16)21-24-15-8-7-14(26-35(3,30)31)12-17(15)36(32,33)27-21/h5-8,11-13,26H,4,9-10,23H2,1-3H3,(H,24,27). The Morgan fingerprint density at radius 2 is 2.03 bits per heavy atom. The first kappa shape index (κ1) is 25.9. The summed E-state index contributed by atoms with van der Waals surface area (Å²) in [6.45, 7) is 4.47. The number of aromatic nitrogens is 2. The maximum Gasteiger partial charge on any atom is 0.279 e. The number of fused-ring (bicyclic) bond motifs is 1. The minimum Gasteiger partial charge on any atom is -0.396 e. The molecule has 192 valence electrons. The minimum absolute atomic E-state index is 0.0162. The van der Waals surface area contributed by atoms with E-state index in [-0.39, 0.29) is 33.4 Å². The summed E-state index contributed by atoms with van der Waals surface area (Å²) >= 11 is 1.39. The highest BCUT2D eigenvalue weighted by molar-refractivity contribution is 7.92. The Kier molecular flexibility index (Phi) is 6.94. The van der Waals surface area contributed by atoms with E-state index in [1.54, 1.807) is 0 Å². The van der Waals surface area contributed by atoms with E-state index in [9.17, 15) is 21.6 Å². The monoisotopic (exact) mass is 550 g/mol. The summed E-state index contributed by atoms with van der Waals surface area (Å²) in [6, 6.07) is 7.56. The summed E-state index contributed by atoms with van der Waals surface area (Å²) in [6.07, 6.45) is 2.60.